The summed E-state index contributed by atoms with van der Waals surface area (Å²) in [4.78, 5) is 28.3. The molecule has 1 N–H and O–H groups in total. The van der Waals surface area contributed by atoms with Gasteiger partial charge in [-0.3, -0.25) is 9.59 Å². The Morgan fingerprint density at radius 1 is 0.913 bits per heavy atom. The lowest BCUT2D eigenvalue weighted by atomic mass is 9.84. The minimum atomic E-state index is -0.434. The number of aromatic nitrogens is 1. The van der Waals surface area contributed by atoms with E-state index in [4.69, 9.17) is 0 Å². The highest BCUT2D eigenvalue weighted by Gasteiger charge is 2.34. The van der Waals surface area contributed by atoms with Crippen LogP contribution in [-0.2, 0) is 4.79 Å². The van der Waals surface area contributed by atoms with Crippen molar-refractivity contribution in [3.63, 3.8) is 0 Å². The number of allylic oxidation sites excluding steroid dienone is 1. The van der Waals surface area contributed by atoms with Crippen LogP contribution in [0.2, 0.25) is 0 Å². The fourth-order valence-corrected chi connectivity index (χ4v) is 3.39. The third kappa shape index (κ3) is 2.02. The van der Waals surface area contributed by atoms with Crippen LogP contribution in [-0.4, -0.2) is 16.6 Å². The first-order valence-electron chi connectivity index (χ1n) is 7.25. The number of ketones is 2. The first-order chi connectivity index (χ1) is 11.1. The van der Waals surface area contributed by atoms with Crippen LogP contribution < -0.4 is 0 Å². The monoisotopic (exact) mass is 365 g/mol. The van der Waals surface area contributed by atoms with Crippen molar-refractivity contribution in [1.82, 2.24) is 4.98 Å². The number of rotatable bonds is 1. The van der Waals surface area contributed by atoms with Crippen LogP contribution in [0.3, 0.4) is 0 Å². The summed E-state index contributed by atoms with van der Waals surface area (Å²) in [6.07, 6.45) is 0. The zero-order chi connectivity index (χ0) is 16.1. The lowest BCUT2D eigenvalue weighted by molar-refractivity contribution is -0.111. The van der Waals surface area contributed by atoms with E-state index in [1.165, 1.54) is 0 Å². The highest BCUT2D eigenvalue weighted by atomic mass is 79.9. The summed E-state index contributed by atoms with van der Waals surface area (Å²) in [6, 6.07) is 15.3. The second-order valence-electron chi connectivity index (χ2n) is 5.59. The van der Waals surface area contributed by atoms with E-state index in [2.05, 4.69) is 20.9 Å². The van der Waals surface area contributed by atoms with Gasteiger partial charge in [-0.15, -0.1) is 0 Å². The highest BCUT2D eigenvalue weighted by molar-refractivity contribution is 9.10. The Balaban J connectivity index is 2.08. The van der Waals surface area contributed by atoms with Crippen LogP contribution in [0.25, 0.3) is 16.5 Å². The van der Waals surface area contributed by atoms with E-state index < -0.39 is 11.6 Å². The van der Waals surface area contributed by atoms with Gasteiger partial charge in [0.1, 0.15) is 0 Å². The fraction of sp³-hybridized carbons (Fsp3) is 0.0526. The van der Waals surface area contributed by atoms with Crippen molar-refractivity contribution in [3.05, 3.63) is 75.4 Å². The van der Waals surface area contributed by atoms with Crippen molar-refractivity contribution in [1.29, 1.82) is 0 Å². The van der Waals surface area contributed by atoms with E-state index in [0.717, 1.165) is 32.2 Å². The van der Waals surface area contributed by atoms with E-state index in [1.807, 2.05) is 48.5 Å². The Hall–Kier alpha value is -2.46. The molecule has 1 aromatic heterocycles. The van der Waals surface area contributed by atoms with Gasteiger partial charge in [-0.1, -0.05) is 46.3 Å². The molecule has 0 radical (unpaired) electrons. The molecule has 0 unspecified atom stereocenters. The normalized spacial score (nSPS) is 14.5. The Morgan fingerprint density at radius 2 is 1.61 bits per heavy atom. The molecule has 0 amide bonds. The average Bonchev–Trinajstić information content (AvgIpc) is 2.93. The predicted molar refractivity (Wildman–Crippen MR) is 93.5 cm³/mol. The maximum Gasteiger partial charge on any atom is 0.235 e. The minimum Gasteiger partial charge on any atom is -0.354 e. The summed E-state index contributed by atoms with van der Waals surface area (Å²) >= 11 is 3.42. The van der Waals surface area contributed by atoms with Gasteiger partial charge in [-0.05, 0) is 30.7 Å². The maximum absolute atomic E-state index is 12.5. The van der Waals surface area contributed by atoms with Gasteiger partial charge in [0, 0.05) is 26.5 Å². The lowest BCUT2D eigenvalue weighted by Crippen LogP contribution is -2.22. The van der Waals surface area contributed by atoms with Crippen LogP contribution in [0.15, 0.2) is 58.6 Å². The van der Waals surface area contributed by atoms with E-state index >= 15 is 0 Å². The summed E-state index contributed by atoms with van der Waals surface area (Å²) in [7, 11) is 0. The number of carbonyl (C=O) groups is 2. The lowest BCUT2D eigenvalue weighted by Gasteiger charge is -2.17. The third-order valence-corrected chi connectivity index (χ3v) is 4.77. The SMILES string of the molecule is CC1=C(c2ccc(Br)cc2)c2[nH]c3ccccc3c2C(=O)C1=O. The number of Topliss-reactive ketones (excluding diaryl/α,β-unsaturated/α-hetero) is 2. The topological polar surface area (TPSA) is 49.9 Å². The molecule has 4 heteroatoms. The second kappa shape index (κ2) is 5.03. The molecule has 112 valence electrons. The molecule has 2 aromatic carbocycles. The average molecular weight is 366 g/mol. The predicted octanol–water partition coefficient (Wildman–Crippen LogP) is 4.52. The van der Waals surface area contributed by atoms with Gasteiger partial charge in [0.25, 0.3) is 0 Å². The number of para-hydroxylation sites is 1. The Bertz CT molecular complexity index is 1010. The molecule has 0 atom stereocenters. The zero-order valence-corrected chi connectivity index (χ0v) is 13.9. The molecule has 1 heterocycles. The largest absolute Gasteiger partial charge is 0.354 e. The van der Waals surface area contributed by atoms with Crippen molar-refractivity contribution in [2.75, 3.05) is 0 Å². The number of benzene rings is 2. The van der Waals surface area contributed by atoms with Crippen LogP contribution >= 0.6 is 15.9 Å². The number of fused-ring (bicyclic) bond motifs is 3. The van der Waals surface area contributed by atoms with E-state index in [1.54, 1.807) is 6.92 Å². The molecule has 1 aliphatic rings. The summed E-state index contributed by atoms with van der Waals surface area (Å²) in [6.45, 7) is 1.71. The number of H-pyrrole nitrogens is 1. The summed E-state index contributed by atoms with van der Waals surface area (Å²) in [5.74, 6) is -0.865. The molecule has 0 bridgehead atoms. The highest BCUT2D eigenvalue weighted by Crippen LogP contribution is 2.38. The van der Waals surface area contributed by atoms with E-state index in [0.29, 0.717) is 11.1 Å². The van der Waals surface area contributed by atoms with Crippen molar-refractivity contribution < 1.29 is 9.59 Å². The molecule has 0 saturated heterocycles. The van der Waals surface area contributed by atoms with Crippen LogP contribution in [0.4, 0.5) is 0 Å². The first-order valence-corrected chi connectivity index (χ1v) is 8.04. The second-order valence-corrected chi connectivity index (χ2v) is 6.50. The minimum absolute atomic E-state index is 0.430. The van der Waals surface area contributed by atoms with Crippen molar-refractivity contribution in [2.24, 2.45) is 0 Å². The number of halogens is 1. The van der Waals surface area contributed by atoms with Crippen LogP contribution in [0.1, 0.15) is 28.5 Å². The molecular weight excluding hydrogens is 354 g/mol. The van der Waals surface area contributed by atoms with Gasteiger partial charge in [0.2, 0.25) is 11.6 Å². The van der Waals surface area contributed by atoms with Gasteiger partial charge in [0.15, 0.2) is 0 Å². The van der Waals surface area contributed by atoms with Gasteiger partial charge in [-0.25, -0.2) is 0 Å². The molecule has 3 aromatic rings. The smallest absolute Gasteiger partial charge is 0.235 e. The van der Waals surface area contributed by atoms with Gasteiger partial charge >= 0.3 is 0 Å². The number of nitrogens with one attached hydrogen (secondary N) is 1. The molecule has 0 saturated carbocycles. The maximum atomic E-state index is 12.5. The number of hydrogen-bond acceptors (Lipinski definition) is 2. The van der Waals surface area contributed by atoms with E-state index in [9.17, 15) is 9.59 Å². The zero-order valence-electron chi connectivity index (χ0n) is 12.3. The first kappa shape index (κ1) is 14.2. The van der Waals surface area contributed by atoms with Crippen LogP contribution in [0.5, 0.6) is 0 Å². The molecular formula is C19H12BrNO2. The van der Waals surface area contributed by atoms with Gasteiger partial charge < -0.3 is 4.98 Å². The summed E-state index contributed by atoms with van der Waals surface area (Å²) in [5.41, 5.74) is 4.27. The molecule has 4 rings (SSSR count). The summed E-state index contributed by atoms with van der Waals surface area (Å²) < 4.78 is 0.967. The Morgan fingerprint density at radius 3 is 2.35 bits per heavy atom. The number of hydrogen-bond donors (Lipinski definition) is 1. The van der Waals surface area contributed by atoms with Crippen molar-refractivity contribution in [3.8, 4) is 0 Å². The fourth-order valence-electron chi connectivity index (χ4n) is 3.13. The molecule has 3 nitrogen and oxygen atoms in total. The van der Waals surface area contributed by atoms with Crippen molar-refractivity contribution in [2.45, 2.75) is 6.92 Å². The third-order valence-electron chi connectivity index (χ3n) is 4.24. The Kier molecular flexibility index (Phi) is 3.10. The van der Waals surface area contributed by atoms with Gasteiger partial charge in [0.05, 0.1) is 11.3 Å². The number of aromatic amines is 1. The quantitative estimate of drug-likeness (QED) is 0.644. The van der Waals surface area contributed by atoms with Crippen LogP contribution in [0, 0.1) is 0 Å². The molecule has 1 aliphatic carbocycles. The standard InChI is InChI=1S/C19H12BrNO2/c1-10-15(11-6-8-12(20)9-7-11)17-16(19(23)18(10)22)13-4-2-3-5-14(13)21-17/h2-9,21H,1H3. The van der Waals surface area contributed by atoms with E-state index in [-0.39, 0.29) is 0 Å². The Labute approximate surface area is 141 Å². The molecule has 23 heavy (non-hydrogen) atoms. The number of carbonyl (C=O) groups excluding carboxylic acids is 2. The van der Waals surface area contributed by atoms with Gasteiger partial charge in [-0.2, -0.15) is 0 Å². The molecule has 0 aliphatic heterocycles. The molecule has 0 spiro atoms. The molecule has 0 fully saturated rings. The summed E-state index contributed by atoms with van der Waals surface area (Å²) in [5, 5.41) is 0.794. The van der Waals surface area contributed by atoms with Crippen molar-refractivity contribution >= 4 is 44.0 Å².